The SMILES string of the molecule is O=C(C1CC1)N1CCC(F)(Cc2ccc(-c3cncc4ccccc34)cc2)CC1. The molecule has 1 aliphatic carbocycles. The number of pyridine rings is 1. The zero-order valence-corrected chi connectivity index (χ0v) is 16.5. The van der Waals surface area contributed by atoms with Crippen molar-refractivity contribution in [2.45, 2.75) is 37.8 Å². The first kappa shape index (κ1) is 18.3. The Balaban J connectivity index is 1.29. The average Bonchev–Trinajstić information content (AvgIpc) is 3.59. The second-order valence-corrected chi connectivity index (χ2v) is 8.53. The quantitative estimate of drug-likeness (QED) is 0.617. The van der Waals surface area contributed by atoms with Crippen LogP contribution in [-0.2, 0) is 11.2 Å². The first-order chi connectivity index (χ1) is 14.1. The van der Waals surface area contributed by atoms with Crippen molar-refractivity contribution in [1.82, 2.24) is 9.88 Å². The number of carbonyl (C=O) groups is 1. The molecule has 0 atom stereocenters. The Bertz CT molecular complexity index is 1030. The predicted octanol–water partition coefficient (Wildman–Crippen LogP) is 5.19. The lowest BCUT2D eigenvalue weighted by atomic mass is 9.86. The van der Waals surface area contributed by atoms with Crippen LogP contribution in [-0.4, -0.2) is 34.5 Å². The van der Waals surface area contributed by atoms with Gasteiger partial charge in [-0.2, -0.15) is 0 Å². The summed E-state index contributed by atoms with van der Waals surface area (Å²) in [6.07, 6.45) is 7.05. The lowest BCUT2D eigenvalue weighted by Crippen LogP contribution is -2.46. The first-order valence-electron chi connectivity index (χ1n) is 10.5. The first-order valence-corrected chi connectivity index (χ1v) is 10.5. The number of likely N-dealkylation sites (tertiary alicyclic amines) is 1. The van der Waals surface area contributed by atoms with Gasteiger partial charge in [-0.1, -0.05) is 48.5 Å². The zero-order valence-electron chi connectivity index (χ0n) is 16.5. The number of hydrogen-bond acceptors (Lipinski definition) is 2. The Hall–Kier alpha value is -2.75. The third-order valence-electron chi connectivity index (χ3n) is 6.35. The second kappa shape index (κ2) is 7.25. The number of piperidine rings is 1. The Morgan fingerprint density at radius 1 is 1.03 bits per heavy atom. The molecule has 1 saturated heterocycles. The summed E-state index contributed by atoms with van der Waals surface area (Å²) >= 11 is 0. The molecular weight excluding hydrogens is 363 g/mol. The van der Waals surface area contributed by atoms with Crippen LogP contribution >= 0.6 is 0 Å². The molecule has 0 radical (unpaired) electrons. The number of benzene rings is 2. The van der Waals surface area contributed by atoms with Crippen LogP contribution in [0.15, 0.2) is 60.9 Å². The van der Waals surface area contributed by atoms with Gasteiger partial charge < -0.3 is 4.90 Å². The molecule has 4 heteroatoms. The van der Waals surface area contributed by atoms with E-state index in [1.54, 1.807) is 0 Å². The summed E-state index contributed by atoms with van der Waals surface area (Å²) in [7, 11) is 0. The van der Waals surface area contributed by atoms with Crippen molar-refractivity contribution >= 4 is 16.7 Å². The summed E-state index contributed by atoms with van der Waals surface area (Å²) in [5.41, 5.74) is 1.97. The van der Waals surface area contributed by atoms with Gasteiger partial charge in [-0.25, -0.2) is 4.39 Å². The minimum atomic E-state index is -1.22. The molecule has 1 saturated carbocycles. The molecule has 2 heterocycles. The Morgan fingerprint density at radius 3 is 2.48 bits per heavy atom. The van der Waals surface area contributed by atoms with Crippen LogP contribution in [0, 0.1) is 5.92 Å². The molecule has 5 rings (SSSR count). The van der Waals surface area contributed by atoms with E-state index in [2.05, 4.69) is 29.2 Å². The number of fused-ring (bicyclic) bond motifs is 1. The van der Waals surface area contributed by atoms with Gasteiger partial charge in [-0.3, -0.25) is 9.78 Å². The van der Waals surface area contributed by atoms with Crippen molar-refractivity contribution in [1.29, 1.82) is 0 Å². The highest BCUT2D eigenvalue weighted by Gasteiger charge is 2.39. The number of halogens is 1. The van der Waals surface area contributed by atoms with Gasteiger partial charge in [-0.05, 0) is 42.2 Å². The largest absolute Gasteiger partial charge is 0.342 e. The highest BCUT2D eigenvalue weighted by Crippen LogP contribution is 2.36. The molecule has 1 aliphatic heterocycles. The van der Waals surface area contributed by atoms with Crippen molar-refractivity contribution in [2.24, 2.45) is 5.92 Å². The third-order valence-corrected chi connectivity index (χ3v) is 6.35. The van der Waals surface area contributed by atoms with Crippen LogP contribution < -0.4 is 0 Å². The molecule has 0 bridgehead atoms. The number of rotatable bonds is 4. The van der Waals surface area contributed by atoms with E-state index in [4.69, 9.17) is 0 Å². The van der Waals surface area contributed by atoms with Gasteiger partial charge in [0.25, 0.3) is 0 Å². The maximum absolute atomic E-state index is 15.4. The fourth-order valence-electron chi connectivity index (χ4n) is 4.41. The minimum absolute atomic E-state index is 0.221. The number of amides is 1. The number of carbonyl (C=O) groups excluding carboxylic acids is 1. The fourth-order valence-corrected chi connectivity index (χ4v) is 4.41. The summed E-state index contributed by atoms with van der Waals surface area (Å²) in [6.45, 7) is 1.09. The van der Waals surface area contributed by atoms with Gasteiger partial charge in [0.1, 0.15) is 5.67 Å². The highest BCUT2D eigenvalue weighted by molar-refractivity contribution is 5.95. The molecule has 3 nitrogen and oxygen atoms in total. The Kier molecular flexibility index (Phi) is 4.57. The van der Waals surface area contributed by atoms with E-state index in [0.717, 1.165) is 34.9 Å². The van der Waals surface area contributed by atoms with Gasteiger partial charge >= 0.3 is 0 Å². The molecule has 29 heavy (non-hydrogen) atoms. The summed E-state index contributed by atoms with van der Waals surface area (Å²) in [5, 5.41) is 2.29. The predicted molar refractivity (Wildman–Crippen MR) is 113 cm³/mol. The third kappa shape index (κ3) is 3.76. The summed E-state index contributed by atoms with van der Waals surface area (Å²) in [6, 6.07) is 16.4. The maximum Gasteiger partial charge on any atom is 0.225 e. The average molecular weight is 388 g/mol. The van der Waals surface area contributed by atoms with Crippen LogP contribution in [0.3, 0.4) is 0 Å². The maximum atomic E-state index is 15.4. The Labute approximate surface area is 170 Å². The highest BCUT2D eigenvalue weighted by atomic mass is 19.1. The van der Waals surface area contributed by atoms with E-state index in [-0.39, 0.29) is 11.8 Å². The number of aromatic nitrogens is 1. The van der Waals surface area contributed by atoms with Gasteiger partial charge in [0.05, 0.1) is 0 Å². The zero-order chi connectivity index (χ0) is 19.8. The van der Waals surface area contributed by atoms with E-state index in [0.29, 0.717) is 32.4 Å². The van der Waals surface area contributed by atoms with Gasteiger partial charge in [0.2, 0.25) is 5.91 Å². The van der Waals surface area contributed by atoms with Crippen LogP contribution in [0.1, 0.15) is 31.2 Å². The number of hydrogen-bond donors (Lipinski definition) is 0. The van der Waals surface area contributed by atoms with Crippen LogP contribution in [0.25, 0.3) is 21.9 Å². The number of alkyl halides is 1. The number of nitrogens with zero attached hydrogens (tertiary/aromatic N) is 2. The molecule has 2 fully saturated rings. The van der Waals surface area contributed by atoms with Crippen molar-refractivity contribution < 1.29 is 9.18 Å². The topological polar surface area (TPSA) is 33.2 Å². The van der Waals surface area contributed by atoms with E-state index < -0.39 is 5.67 Å². The molecule has 0 N–H and O–H groups in total. The normalized spacial score (nSPS) is 18.7. The molecule has 148 valence electrons. The Morgan fingerprint density at radius 2 is 1.76 bits per heavy atom. The lowest BCUT2D eigenvalue weighted by molar-refractivity contribution is -0.135. The van der Waals surface area contributed by atoms with Crippen molar-refractivity contribution in [2.75, 3.05) is 13.1 Å². The van der Waals surface area contributed by atoms with Crippen LogP contribution in [0.5, 0.6) is 0 Å². The fraction of sp³-hybridized carbons (Fsp3) is 0.360. The van der Waals surface area contributed by atoms with Crippen molar-refractivity contribution in [3.63, 3.8) is 0 Å². The summed E-state index contributed by atoms with van der Waals surface area (Å²) in [4.78, 5) is 18.4. The van der Waals surface area contributed by atoms with E-state index in [1.165, 1.54) is 5.39 Å². The molecule has 0 unspecified atom stereocenters. The molecule has 0 spiro atoms. The van der Waals surface area contributed by atoms with Gasteiger partial charge in [0, 0.05) is 48.8 Å². The summed E-state index contributed by atoms with van der Waals surface area (Å²) < 4.78 is 15.4. The van der Waals surface area contributed by atoms with Crippen LogP contribution in [0.4, 0.5) is 4.39 Å². The minimum Gasteiger partial charge on any atom is -0.342 e. The van der Waals surface area contributed by atoms with Gasteiger partial charge in [0.15, 0.2) is 0 Å². The molecular formula is C25H25FN2O. The molecule has 2 aliphatic rings. The lowest BCUT2D eigenvalue weighted by Gasteiger charge is -2.36. The smallest absolute Gasteiger partial charge is 0.225 e. The molecule has 2 aromatic carbocycles. The molecule has 3 aromatic rings. The molecule has 1 aromatic heterocycles. The summed E-state index contributed by atoms with van der Waals surface area (Å²) in [5.74, 6) is 0.457. The van der Waals surface area contributed by atoms with Gasteiger partial charge in [-0.15, -0.1) is 0 Å². The monoisotopic (exact) mass is 388 g/mol. The van der Waals surface area contributed by atoms with Crippen LogP contribution in [0.2, 0.25) is 0 Å². The standard InChI is InChI=1S/C25H25FN2O/c26-25(11-13-28(14-12-25)24(29)20-9-10-20)15-18-5-7-19(8-6-18)23-17-27-16-21-3-1-2-4-22(21)23/h1-8,16-17,20H,9-15H2. The van der Waals surface area contributed by atoms with Crippen molar-refractivity contribution in [3.8, 4) is 11.1 Å². The molecule has 1 amide bonds. The van der Waals surface area contributed by atoms with E-state index in [9.17, 15) is 4.79 Å². The second-order valence-electron chi connectivity index (χ2n) is 8.53. The van der Waals surface area contributed by atoms with E-state index in [1.807, 2.05) is 41.6 Å². The van der Waals surface area contributed by atoms with Crippen molar-refractivity contribution in [3.05, 3.63) is 66.5 Å². The van der Waals surface area contributed by atoms with E-state index >= 15 is 4.39 Å².